The standard InChI is InChI=1S/C17H18N6O2/c1-11-14(9-15(24)19-10-13-5-8-20-23(13)2)17(25)22-16(21-11)12-3-6-18-7-4-12/h3-8H,9-10H2,1-2H3,(H,19,24)(H,21,22,25). The second-order valence-corrected chi connectivity index (χ2v) is 5.61. The second-order valence-electron chi connectivity index (χ2n) is 5.61. The van der Waals surface area contributed by atoms with E-state index in [1.807, 2.05) is 6.07 Å². The van der Waals surface area contributed by atoms with Crippen molar-refractivity contribution < 1.29 is 4.79 Å². The van der Waals surface area contributed by atoms with E-state index in [0.717, 1.165) is 11.3 Å². The van der Waals surface area contributed by atoms with Gasteiger partial charge in [-0.2, -0.15) is 5.10 Å². The minimum absolute atomic E-state index is 0.0252. The number of aryl methyl sites for hydroxylation is 2. The van der Waals surface area contributed by atoms with Crippen LogP contribution < -0.4 is 10.9 Å². The van der Waals surface area contributed by atoms with Gasteiger partial charge in [0.25, 0.3) is 5.56 Å². The zero-order valence-electron chi connectivity index (χ0n) is 14.0. The van der Waals surface area contributed by atoms with Crippen molar-refractivity contribution in [1.29, 1.82) is 0 Å². The lowest BCUT2D eigenvalue weighted by Gasteiger charge is -2.08. The molecule has 1 amide bonds. The normalized spacial score (nSPS) is 10.6. The third-order valence-corrected chi connectivity index (χ3v) is 3.90. The molecular formula is C17H18N6O2. The number of hydrogen-bond donors (Lipinski definition) is 2. The summed E-state index contributed by atoms with van der Waals surface area (Å²) in [4.78, 5) is 35.6. The Hall–Kier alpha value is -3.29. The molecule has 3 rings (SSSR count). The number of nitrogens with one attached hydrogen (secondary N) is 2. The van der Waals surface area contributed by atoms with Crippen molar-refractivity contribution in [1.82, 2.24) is 30.0 Å². The van der Waals surface area contributed by atoms with Gasteiger partial charge in [0, 0.05) is 42.5 Å². The van der Waals surface area contributed by atoms with Crippen LogP contribution in [0.15, 0.2) is 41.6 Å². The van der Waals surface area contributed by atoms with Gasteiger partial charge in [-0.3, -0.25) is 19.3 Å². The molecule has 0 aliphatic rings. The van der Waals surface area contributed by atoms with Crippen molar-refractivity contribution in [2.24, 2.45) is 7.05 Å². The Morgan fingerprint density at radius 2 is 2.00 bits per heavy atom. The van der Waals surface area contributed by atoms with Gasteiger partial charge in [-0.1, -0.05) is 0 Å². The SMILES string of the molecule is Cc1nc(-c2ccncc2)[nH]c(=O)c1CC(=O)NCc1ccnn1C. The van der Waals surface area contributed by atoms with Crippen molar-refractivity contribution in [3.63, 3.8) is 0 Å². The van der Waals surface area contributed by atoms with Gasteiger partial charge in [0.1, 0.15) is 5.82 Å². The molecular weight excluding hydrogens is 320 g/mol. The van der Waals surface area contributed by atoms with Gasteiger partial charge in [-0.15, -0.1) is 0 Å². The van der Waals surface area contributed by atoms with E-state index in [-0.39, 0.29) is 17.9 Å². The molecule has 3 aromatic rings. The van der Waals surface area contributed by atoms with E-state index in [1.165, 1.54) is 0 Å². The van der Waals surface area contributed by atoms with Crippen molar-refractivity contribution in [3.8, 4) is 11.4 Å². The lowest BCUT2D eigenvalue weighted by molar-refractivity contribution is -0.120. The lowest BCUT2D eigenvalue weighted by Crippen LogP contribution is -2.29. The second kappa shape index (κ2) is 7.08. The number of nitrogens with zero attached hydrogens (tertiary/aromatic N) is 4. The fourth-order valence-corrected chi connectivity index (χ4v) is 2.45. The first-order valence-electron chi connectivity index (χ1n) is 7.78. The first-order valence-corrected chi connectivity index (χ1v) is 7.78. The third-order valence-electron chi connectivity index (χ3n) is 3.90. The Morgan fingerprint density at radius 1 is 1.24 bits per heavy atom. The summed E-state index contributed by atoms with van der Waals surface area (Å²) in [6, 6.07) is 5.35. The van der Waals surface area contributed by atoms with Crippen LogP contribution in [0, 0.1) is 6.92 Å². The number of rotatable bonds is 5. The predicted octanol–water partition coefficient (Wildman–Crippen LogP) is 0.733. The molecule has 3 heterocycles. The van der Waals surface area contributed by atoms with Gasteiger partial charge in [0.05, 0.1) is 18.7 Å². The van der Waals surface area contributed by atoms with Gasteiger partial charge < -0.3 is 10.3 Å². The molecule has 25 heavy (non-hydrogen) atoms. The van der Waals surface area contributed by atoms with Gasteiger partial charge in [0.2, 0.25) is 5.91 Å². The minimum Gasteiger partial charge on any atom is -0.350 e. The maximum absolute atomic E-state index is 12.4. The first kappa shape index (κ1) is 16.6. The molecule has 0 aliphatic carbocycles. The Bertz CT molecular complexity index is 945. The number of carbonyl (C=O) groups excluding carboxylic acids is 1. The van der Waals surface area contributed by atoms with Crippen LogP contribution in [-0.2, 0) is 24.8 Å². The maximum Gasteiger partial charge on any atom is 0.255 e. The van der Waals surface area contributed by atoms with E-state index in [4.69, 9.17) is 0 Å². The van der Waals surface area contributed by atoms with E-state index < -0.39 is 0 Å². The molecule has 2 N–H and O–H groups in total. The quantitative estimate of drug-likeness (QED) is 0.713. The zero-order chi connectivity index (χ0) is 17.8. The van der Waals surface area contributed by atoms with Gasteiger partial charge >= 0.3 is 0 Å². The van der Waals surface area contributed by atoms with Crippen molar-refractivity contribution in [2.45, 2.75) is 19.9 Å². The minimum atomic E-state index is -0.310. The zero-order valence-corrected chi connectivity index (χ0v) is 14.0. The molecule has 0 spiro atoms. The predicted molar refractivity (Wildman–Crippen MR) is 91.6 cm³/mol. The summed E-state index contributed by atoms with van der Waals surface area (Å²) < 4.78 is 1.68. The Labute approximate surface area is 144 Å². The van der Waals surface area contributed by atoms with E-state index in [2.05, 4.69) is 25.4 Å². The van der Waals surface area contributed by atoms with Crippen LogP contribution in [0.25, 0.3) is 11.4 Å². The summed E-state index contributed by atoms with van der Waals surface area (Å²) in [6.07, 6.45) is 4.90. The Balaban J connectivity index is 1.73. The molecule has 3 aromatic heterocycles. The molecule has 8 nitrogen and oxygen atoms in total. The highest BCUT2D eigenvalue weighted by Crippen LogP contribution is 2.13. The Kier molecular flexibility index (Phi) is 4.69. The van der Waals surface area contributed by atoms with Gasteiger partial charge in [-0.25, -0.2) is 4.98 Å². The van der Waals surface area contributed by atoms with E-state index in [0.29, 0.717) is 23.6 Å². The number of amides is 1. The van der Waals surface area contributed by atoms with E-state index in [9.17, 15) is 9.59 Å². The Morgan fingerprint density at radius 3 is 2.64 bits per heavy atom. The lowest BCUT2D eigenvalue weighted by atomic mass is 10.1. The molecule has 0 aliphatic heterocycles. The number of aromatic amines is 1. The molecule has 0 saturated heterocycles. The monoisotopic (exact) mass is 338 g/mol. The summed E-state index contributed by atoms with van der Waals surface area (Å²) >= 11 is 0. The molecule has 128 valence electrons. The fraction of sp³-hybridized carbons (Fsp3) is 0.235. The fourth-order valence-electron chi connectivity index (χ4n) is 2.45. The molecule has 0 atom stereocenters. The van der Waals surface area contributed by atoms with Crippen LogP contribution in [0.2, 0.25) is 0 Å². The molecule has 0 fully saturated rings. The van der Waals surface area contributed by atoms with Gasteiger partial charge in [0.15, 0.2) is 0 Å². The number of aromatic nitrogens is 5. The maximum atomic E-state index is 12.4. The number of hydrogen-bond acceptors (Lipinski definition) is 5. The summed E-state index contributed by atoms with van der Waals surface area (Å²) in [6.45, 7) is 2.08. The van der Waals surface area contributed by atoms with Crippen LogP contribution >= 0.6 is 0 Å². The van der Waals surface area contributed by atoms with Crippen LogP contribution in [0.1, 0.15) is 17.0 Å². The molecule has 0 unspecified atom stereocenters. The van der Waals surface area contributed by atoms with Crippen LogP contribution in [-0.4, -0.2) is 30.6 Å². The first-order chi connectivity index (χ1) is 12.0. The summed E-state index contributed by atoms with van der Waals surface area (Å²) in [5.74, 6) is 0.220. The highest BCUT2D eigenvalue weighted by Gasteiger charge is 2.13. The number of pyridine rings is 1. The van der Waals surface area contributed by atoms with Crippen molar-refractivity contribution >= 4 is 5.91 Å². The van der Waals surface area contributed by atoms with E-state index in [1.54, 1.807) is 49.4 Å². The largest absolute Gasteiger partial charge is 0.350 e. The number of H-pyrrole nitrogens is 1. The summed E-state index contributed by atoms with van der Waals surface area (Å²) in [5, 5.41) is 6.83. The third kappa shape index (κ3) is 3.79. The summed E-state index contributed by atoms with van der Waals surface area (Å²) in [5.41, 5.74) is 2.23. The highest BCUT2D eigenvalue weighted by molar-refractivity contribution is 5.78. The van der Waals surface area contributed by atoms with Crippen molar-refractivity contribution in [3.05, 3.63) is 64.1 Å². The van der Waals surface area contributed by atoms with Crippen molar-refractivity contribution in [2.75, 3.05) is 0 Å². The number of carbonyl (C=O) groups is 1. The van der Waals surface area contributed by atoms with E-state index >= 15 is 0 Å². The molecule has 0 saturated carbocycles. The topological polar surface area (TPSA) is 106 Å². The van der Waals surface area contributed by atoms with Crippen LogP contribution in [0.5, 0.6) is 0 Å². The average Bonchev–Trinajstić information content (AvgIpc) is 3.02. The molecule has 0 aromatic carbocycles. The molecule has 0 radical (unpaired) electrons. The smallest absolute Gasteiger partial charge is 0.255 e. The average molecular weight is 338 g/mol. The van der Waals surface area contributed by atoms with Gasteiger partial charge in [-0.05, 0) is 25.1 Å². The van der Waals surface area contributed by atoms with Crippen LogP contribution in [0.3, 0.4) is 0 Å². The summed E-state index contributed by atoms with van der Waals surface area (Å²) in [7, 11) is 1.80. The molecule has 0 bridgehead atoms. The molecule has 8 heteroatoms. The van der Waals surface area contributed by atoms with Crippen LogP contribution in [0.4, 0.5) is 0 Å². The highest BCUT2D eigenvalue weighted by atomic mass is 16.2.